The first-order valence-corrected chi connectivity index (χ1v) is 9.06. The van der Waals surface area contributed by atoms with Gasteiger partial charge >= 0.3 is 0 Å². The first-order valence-electron chi connectivity index (χ1n) is 6.37. The van der Waals surface area contributed by atoms with Crippen LogP contribution in [0, 0.1) is 10.5 Å². The van der Waals surface area contributed by atoms with E-state index in [4.69, 9.17) is 0 Å². The Morgan fingerprint density at radius 3 is 2.68 bits per heavy atom. The van der Waals surface area contributed by atoms with Crippen LogP contribution < -0.4 is 5.32 Å². The lowest BCUT2D eigenvalue weighted by atomic mass is 10.1. The SMILES string of the molecule is CCCNC(c1cc(Br)c(C)s1)c1ccccc1I. The van der Waals surface area contributed by atoms with Gasteiger partial charge in [0, 0.05) is 17.8 Å². The number of benzene rings is 1. The maximum absolute atomic E-state index is 3.67. The minimum absolute atomic E-state index is 0.294. The molecule has 0 saturated heterocycles. The van der Waals surface area contributed by atoms with Gasteiger partial charge in [0.05, 0.1) is 6.04 Å². The Morgan fingerprint density at radius 1 is 1.37 bits per heavy atom. The molecule has 1 heterocycles. The van der Waals surface area contributed by atoms with E-state index in [1.165, 1.54) is 23.4 Å². The summed E-state index contributed by atoms with van der Waals surface area (Å²) in [6.45, 7) is 5.39. The van der Waals surface area contributed by atoms with Crippen LogP contribution >= 0.6 is 49.9 Å². The predicted octanol–water partition coefficient (Wildman–Crippen LogP) is 5.51. The van der Waals surface area contributed by atoms with Crippen LogP contribution in [0.3, 0.4) is 0 Å². The first kappa shape index (κ1) is 15.5. The van der Waals surface area contributed by atoms with Crippen molar-refractivity contribution in [2.75, 3.05) is 6.54 Å². The van der Waals surface area contributed by atoms with Gasteiger partial charge in [0.25, 0.3) is 0 Å². The van der Waals surface area contributed by atoms with E-state index in [1.807, 2.05) is 11.3 Å². The summed E-state index contributed by atoms with van der Waals surface area (Å²) in [6.07, 6.45) is 1.14. The van der Waals surface area contributed by atoms with Crippen LogP contribution in [-0.4, -0.2) is 6.54 Å². The molecule has 1 atom stereocenters. The number of nitrogens with one attached hydrogen (secondary N) is 1. The average Bonchev–Trinajstić information content (AvgIpc) is 2.72. The van der Waals surface area contributed by atoms with Crippen LogP contribution in [0.5, 0.6) is 0 Å². The van der Waals surface area contributed by atoms with E-state index >= 15 is 0 Å². The second kappa shape index (κ2) is 7.20. The summed E-state index contributed by atoms with van der Waals surface area (Å²) < 4.78 is 2.53. The Morgan fingerprint density at radius 2 is 2.11 bits per heavy atom. The summed E-state index contributed by atoms with van der Waals surface area (Å²) in [7, 11) is 0. The number of thiophene rings is 1. The van der Waals surface area contributed by atoms with Gasteiger partial charge in [-0.3, -0.25) is 0 Å². The van der Waals surface area contributed by atoms with E-state index in [0.29, 0.717) is 6.04 Å². The third-order valence-electron chi connectivity index (χ3n) is 2.98. The molecule has 0 bridgehead atoms. The van der Waals surface area contributed by atoms with Crippen LogP contribution in [0.15, 0.2) is 34.8 Å². The van der Waals surface area contributed by atoms with Gasteiger partial charge in [-0.25, -0.2) is 0 Å². The van der Waals surface area contributed by atoms with Gasteiger partial charge in [-0.15, -0.1) is 11.3 Å². The lowest BCUT2D eigenvalue weighted by molar-refractivity contribution is 0.604. The van der Waals surface area contributed by atoms with Crippen molar-refractivity contribution < 1.29 is 0 Å². The van der Waals surface area contributed by atoms with Crippen LogP contribution in [0.4, 0.5) is 0 Å². The van der Waals surface area contributed by atoms with E-state index < -0.39 is 0 Å². The van der Waals surface area contributed by atoms with Gasteiger partial charge in [0.2, 0.25) is 0 Å². The number of halogens is 2. The van der Waals surface area contributed by atoms with Crippen molar-refractivity contribution in [3.8, 4) is 0 Å². The Hall–Kier alpha value is 0.0900. The van der Waals surface area contributed by atoms with E-state index in [9.17, 15) is 0 Å². The Labute approximate surface area is 141 Å². The van der Waals surface area contributed by atoms with Crippen LogP contribution in [0.2, 0.25) is 0 Å². The zero-order valence-corrected chi connectivity index (χ0v) is 15.6. The molecule has 0 aliphatic heterocycles. The highest BCUT2D eigenvalue weighted by Gasteiger charge is 2.18. The molecule has 0 aliphatic rings. The molecule has 0 spiro atoms. The van der Waals surface area contributed by atoms with Crippen molar-refractivity contribution in [3.63, 3.8) is 0 Å². The summed E-state index contributed by atoms with van der Waals surface area (Å²) in [4.78, 5) is 2.71. The van der Waals surface area contributed by atoms with Crippen molar-refractivity contribution in [1.29, 1.82) is 0 Å². The minimum Gasteiger partial charge on any atom is -0.306 e. The molecule has 0 saturated carbocycles. The van der Waals surface area contributed by atoms with Crippen LogP contribution in [0.25, 0.3) is 0 Å². The second-order valence-electron chi connectivity index (χ2n) is 4.46. The van der Waals surface area contributed by atoms with Gasteiger partial charge in [0.1, 0.15) is 0 Å². The normalized spacial score (nSPS) is 12.6. The highest BCUT2D eigenvalue weighted by atomic mass is 127. The summed E-state index contributed by atoms with van der Waals surface area (Å²) in [5, 5.41) is 3.67. The van der Waals surface area contributed by atoms with Crippen molar-refractivity contribution in [2.45, 2.75) is 26.3 Å². The third-order valence-corrected chi connectivity index (χ3v) is 6.16. The quantitative estimate of drug-likeness (QED) is 0.593. The summed E-state index contributed by atoms with van der Waals surface area (Å²) >= 11 is 7.91. The maximum Gasteiger partial charge on any atom is 0.0681 e. The van der Waals surface area contributed by atoms with Crippen LogP contribution in [-0.2, 0) is 0 Å². The fourth-order valence-electron chi connectivity index (χ4n) is 1.99. The van der Waals surface area contributed by atoms with E-state index in [2.05, 4.69) is 88.0 Å². The molecule has 1 nitrogen and oxygen atoms in total. The fourth-order valence-corrected chi connectivity index (χ4v) is 4.34. The molecule has 1 aromatic carbocycles. The zero-order valence-electron chi connectivity index (χ0n) is 11.0. The highest BCUT2D eigenvalue weighted by molar-refractivity contribution is 14.1. The Bertz CT molecular complexity index is 533. The van der Waals surface area contributed by atoms with Crippen molar-refractivity contribution in [1.82, 2.24) is 5.32 Å². The van der Waals surface area contributed by atoms with Crippen LogP contribution in [0.1, 0.15) is 34.7 Å². The molecule has 0 amide bonds. The predicted molar refractivity (Wildman–Crippen MR) is 96.1 cm³/mol. The van der Waals surface area contributed by atoms with E-state index in [1.54, 1.807) is 0 Å². The largest absolute Gasteiger partial charge is 0.306 e. The van der Waals surface area contributed by atoms with Crippen molar-refractivity contribution >= 4 is 49.9 Å². The van der Waals surface area contributed by atoms with Crippen molar-refractivity contribution in [2.24, 2.45) is 0 Å². The molecule has 1 aromatic heterocycles. The minimum atomic E-state index is 0.294. The number of hydrogen-bond acceptors (Lipinski definition) is 2. The number of aryl methyl sites for hydroxylation is 1. The lowest BCUT2D eigenvalue weighted by Crippen LogP contribution is -2.23. The molecule has 1 N–H and O–H groups in total. The molecular weight excluding hydrogens is 433 g/mol. The zero-order chi connectivity index (χ0) is 13.8. The molecule has 1 unspecified atom stereocenters. The topological polar surface area (TPSA) is 12.0 Å². The van der Waals surface area contributed by atoms with Gasteiger partial charge in [-0.2, -0.15) is 0 Å². The number of rotatable bonds is 5. The molecule has 102 valence electrons. The monoisotopic (exact) mass is 449 g/mol. The Kier molecular flexibility index (Phi) is 5.87. The Balaban J connectivity index is 2.38. The molecule has 19 heavy (non-hydrogen) atoms. The smallest absolute Gasteiger partial charge is 0.0681 e. The third kappa shape index (κ3) is 3.80. The average molecular weight is 450 g/mol. The second-order valence-corrected chi connectivity index (χ2v) is 7.77. The molecule has 2 rings (SSSR count). The molecule has 0 radical (unpaired) electrons. The summed E-state index contributed by atoms with van der Waals surface area (Å²) in [5.41, 5.74) is 1.37. The molecule has 4 heteroatoms. The van der Waals surface area contributed by atoms with Gasteiger partial charge in [-0.1, -0.05) is 25.1 Å². The fraction of sp³-hybridized carbons (Fsp3) is 0.333. The molecular formula is C15H17BrINS. The maximum atomic E-state index is 3.67. The molecule has 0 fully saturated rings. The van der Waals surface area contributed by atoms with Gasteiger partial charge in [0.15, 0.2) is 0 Å². The summed E-state index contributed by atoms with van der Waals surface area (Å²) in [6, 6.07) is 11.1. The molecule has 0 aliphatic carbocycles. The lowest BCUT2D eigenvalue weighted by Gasteiger charge is -2.19. The highest BCUT2D eigenvalue weighted by Crippen LogP contribution is 2.35. The van der Waals surface area contributed by atoms with Crippen molar-refractivity contribution in [3.05, 3.63) is 53.7 Å². The van der Waals surface area contributed by atoms with Gasteiger partial charge < -0.3 is 5.32 Å². The van der Waals surface area contributed by atoms with E-state index in [-0.39, 0.29) is 0 Å². The first-order chi connectivity index (χ1) is 9.13. The van der Waals surface area contributed by atoms with Gasteiger partial charge in [-0.05, 0) is 76.1 Å². The standard InChI is InChI=1S/C15H17BrINS/c1-3-8-18-15(11-6-4-5-7-13(11)17)14-9-12(16)10(2)19-14/h4-7,9,15,18H,3,8H2,1-2H3. The summed E-state index contributed by atoms with van der Waals surface area (Å²) in [5.74, 6) is 0. The number of hydrogen-bond donors (Lipinski definition) is 1. The molecule has 2 aromatic rings. The van der Waals surface area contributed by atoms with E-state index in [0.717, 1.165) is 13.0 Å².